The average Bonchev–Trinajstić information content (AvgIpc) is 2.62. The first-order valence-electron chi connectivity index (χ1n) is 8.09. The molecule has 2 aromatic rings. The van der Waals surface area contributed by atoms with E-state index in [2.05, 4.69) is 34.9 Å². The van der Waals surface area contributed by atoms with Gasteiger partial charge in [-0.05, 0) is 61.0 Å². The summed E-state index contributed by atoms with van der Waals surface area (Å²) in [6, 6.07) is 13.9. The summed E-state index contributed by atoms with van der Waals surface area (Å²) in [5, 5.41) is 7.32. The van der Waals surface area contributed by atoms with Crippen molar-refractivity contribution in [3.8, 4) is 11.5 Å². The fraction of sp³-hybridized carbons (Fsp3) is 0.263. The molecular formula is C19H23N3O2S. The van der Waals surface area contributed by atoms with Crippen LogP contribution in [-0.4, -0.2) is 25.0 Å². The summed E-state index contributed by atoms with van der Waals surface area (Å²) in [6.45, 7) is 5.07. The lowest BCUT2D eigenvalue weighted by Crippen LogP contribution is -2.28. The Labute approximate surface area is 154 Å². The Morgan fingerprint density at radius 3 is 2.68 bits per heavy atom. The number of hydrazone groups is 1. The summed E-state index contributed by atoms with van der Waals surface area (Å²) in [6.07, 6.45) is 1.68. The monoisotopic (exact) mass is 357 g/mol. The number of ether oxygens (including phenoxy) is 2. The summed E-state index contributed by atoms with van der Waals surface area (Å²) >= 11 is 4.97. The van der Waals surface area contributed by atoms with Crippen LogP contribution in [0.3, 0.4) is 0 Å². The lowest BCUT2D eigenvalue weighted by Gasteiger charge is -2.13. The van der Waals surface area contributed by atoms with E-state index in [0.717, 1.165) is 11.1 Å². The number of thiocarbonyl (C=S) groups is 1. The molecule has 5 nitrogen and oxygen atoms in total. The van der Waals surface area contributed by atoms with Crippen LogP contribution >= 0.6 is 12.2 Å². The number of hydrogen-bond donors (Lipinski definition) is 2. The lowest BCUT2D eigenvalue weighted by atomic mass is 10.1. The number of aryl methyl sites for hydroxylation is 1. The van der Waals surface area contributed by atoms with E-state index in [-0.39, 0.29) is 0 Å². The normalized spacial score (nSPS) is 10.5. The van der Waals surface area contributed by atoms with Crippen molar-refractivity contribution in [2.24, 2.45) is 5.10 Å². The van der Waals surface area contributed by atoms with Crippen LogP contribution in [0.1, 0.15) is 23.6 Å². The second-order valence-corrected chi connectivity index (χ2v) is 5.71. The van der Waals surface area contributed by atoms with E-state index in [1.54, 1.807) is 13.3 Å². The molecule has 0 saturated carbocycles. The maximum atomic E-state index is 5.96. The van der Waals surface area contributed by atoms with E-state index in [1.807, 2.05) is 37.3 Å². The number of benzene rings is 2. The summed E-state index contributed by atoms with van der Waals surface area (Å²) in [4.78, 5) is 0. The molecule has 0 amide bonds. The third-order valence-electron chi connectivity index (χ3n) is 3.52. The van der Waals surface area contributed by atoms with E-state index < -0.39 is 0 Å². The van der Waals surface area contributed by atoms with Crippen LogP contribution in [0.2, 0.25) is 0 Å². The first kappa shape index (κ1) is 18.7. The molecule has 2 aromatic carbocycles. The van der Waals surface area contributed by atoms with Crippen LogP contribution in [0, 0.1) is 6.92 Å². The molecule has 132 valence electrons. The molecule has 0 aromatic heterocycles. The topological polar surface area (TPSA) is 54.9 Å². The summed E-state index contributed by atoms with van der Waals surface area (Å²) < 4.78 is 11.7. The zero-order valence-corrected chi connectivity index (χ0v) is 15.5. The smallest absolute Gasteiger partial charge is 0.186 e. The van der Waals surface area contributed by atoms with E-state index >= 15 is 0 Å². The van der Waals surface area contributed by atoms with Crippen molar-refractivity contribution in [1.29, 1.82) is 0 Å². The van der Waals surface area contributed by atoms with Gasteiger partial charge in [0.2, 0.25) is 0 Å². The molecule has 0 saturated heterocycles. The Hall–Kier alpha value is -2.60. The molecular weight excluding hydrogens is 334 g/mol. The van der Waals surface area contributed by atoms with Gasteiger partial charge in [0.25, 0.3) is 0 Å². The largest absolute Gasteiger partial charge is 0.490 e. The van der Waals surface area contributed by atoms with E-state index in [1.165, 1.54) is 5.56 Å². The minimum Gasteiger partial charge on any atom is -0.490 e. The van der Waals surface area contributed by atoms with Gasteiger partial charge in [0.1, 0.15) is 6.61 Å². The van der Waals surface area contributed by atoms with E-state index in [4.69, 9.17) is 21.7 Å². The van der Waals surface area contributed by atoms with Crippen LogP contribution in [0.25, 0.3) is 0 Å². The molecule has 0 aliphatic carbocycles. The second-order valence-electron chi connectivity index (χ2n) is 5.30. The molecule has 2 N–H and O–H groups in total. The summed E-state index contributed by atoms with van der Waals surface area (Å²) in [5.74, 6) is 1.40. The summed E-state index contributed by atoms with van der Waals surface area (Å²) in [7, 11) is 1.73. The molecule has 0 bridgehead atoms. The highest BCUT2D eigenvalue weighted by Gasteiger charge is 2.07. The lowest BCUT2D eigenvalue weighted by molar-refractivity contribution is 0.269. The quantitative estimate of drug-likeness (QED) is 0.452. The van der Waals surface area contributed by atoms with E-state index in [9.17, 15) is 0 Å². The van der Waals surface area contributed by atoms with Crippen LogP contribution < -0.4 is 20.2 Å². The molecule has 0 aliphatic rings. The van der Waals surface area contributed by atoms with Gasteiger partial charge in [-0.15, -0.1) is 0 Å². The van der Waals surface area contributed by atoms with Crippen molar-refractivity contribution in [2.75, 3.05) is 13.7 Å². The second kappa shape index (κ2) is 9.64. The van der Waals surface area contributed by atoms with Crippen molar-refractivity contribution in [3.63, 3.8) is 0 Å². The Morgan fingerprint density at radius 1 is 1.16 bits per heavy atom. The first-order chi connectivity index (χ1) is 12.1. The number of hydrogen-bond acceptors (Lipinski definition) is 4. The van der Waals surface area contributed by atoms with Gasteiger partial charge in [-0.2, -0.15) is 5.10 Å². The predicted octanol–water partition coefficient (Wildman–Crippen LogP) is 3.40. The van der Waals surface area contributed by atoms with Gasteiger partial charge in [-0.25, -0.2) is 0 Å². The van der Waals surface area contributed by atoms with Crippen molar-refractivity contribution in [2.45, 2.75) is 20.5 Å². The van der Waals surface area contributed by atoms with Gasteiger partial charge in [-0.3, -0.25) is 5.43 Å². The molecule has 0 spiro atoms. The van der Waals surface area contributed by atoms with Gasteiger partial charge >= 0.3 is 0 Å². The van der Waals surface area contributed by atoms with Crippen LogP contribution in [0.4, 0.5) is 0 Å². The third-order valence-corrected chi connectivity index (χ3v) is 3.81. The molecule has 0 radical (unpaired) electrons. The Morgan fingerprint density at radius 2 is 1.96 bits per heavy atom. The highest BCUT2D eigenvalue weighted by molar-refractivity contribution is 7.80. The zero-order chi connectivity index (χ0) is 18.1. The fourth-order valence-electron chi connectivity index (χ4n) is 2.14. The van der Waals surface area contributed by atoms with Crippen molar-refractivity contribution < 1.29 is 9.47 Å². The van der Waals surface area contributed by atoms with Gasteiger partial charge < -0.3 is 14.8 Å². The maximum absolute atomic E-state index is 5.96. The van der Waals surface area contributed by atoms with Gasteiger partial charge in [0.05, 0.1) is 12.8 Å². The number of nitrogens with one attached hydrogen (secondary N) is 2. The minimum absolute atomic E-state index is 0.458. The SMILES string of the molecule is CCOc1cc(/C=N\NC(=S)NC)ccc1OCc1ccccc1C. The zero-order valence-electron chi connectivity index (χ0n) is 14.7. The van der Waals surface area contributed by atoms with Crippen molar-refractivity contribution >= 4 is 23.5 Å². The molecule has 0 fully saturated rings. The molecule has 0 aliphatic heterocycles. The summed E-state index contributed by atoms with van der Waals surface area (Å²) in [5.41, 5.74) is 5.96. The molecule has 6 heteroatoms. The van der Waals surface area contributed by atoms with Gasteiger partial charge in [0.15, 0.2) is 16.6 Å². The highest BCUT2D eigenvalue weighted by Crippen LogP contribution is 2.29. The Bertz CT molecular complexity index is 747. The number of rotatable bonds is 7. The van der Waals surface area contributed by atoms with Gasteiger partial charge in [-0.1, -0.05) is 24.3 Å². The third kappa shape index (κ3) is 5.76. The van der Waals surface area contributed by atoms with E-state index in [0.29, 0.717) is 29.8 Å². The minimum atomic E-state index is 0.458. The molecule has 0 heterocycles. The van der Waals surface area contributed by atoms with Gasteiger partial charge in [0, 0.05) is 7.05 Å². The highest BCUT2D eigenvalue weighted by atomic mass is 32.1. The Balaban J connectivity index is 2.10. The average molecular weight is 357 g/mol. The van der Waals surface area contributed by atoms with Crippen LogP contribution in [0.15, 0.2) is 47.6 Å². The number of nitrogens with zero attached hydrogens (tertiary/aromatic N) is 1. The van der Waals surface area contributed by atoms with Crippen molar-refractivity contribution in [1.82, 2.24) is 10.7 Å². The molecule has 25 heavy (non-hydrogen) atoms. The van der Waals surface area contributed by atoms with Crippen LogP contribution in [0.5, 0.6) is 11.5 Å². The predicted molar refractivity (Wildman–Crippen MR) is 106 cm³/mol. The van der Waals surface area contributed by atoms with Crippen molar-refractivity contribution in [3.05, 3.63) is 59.2 Å². The molecule has 0 unspecified atom stereocenters. The first-order valence-corrected chi connectivity index (χ1v) is 8.49. The molecule has 2 rings (SSSR count). The maximum Gasteiger partial charge on any atom is 0.186 e. The standard InChI is InChI=1S/C19H23N3O2S/c1-4-23-18-11-15(12-21-22-19(25)20-3)9-10-17(18)24-13-16-8-6-5-7-14(16)2/h5-12H,4,13H2,1-3H3,(H2,20,22,25)/b21-12-. The molecule has 0 atom stereocenters. The fourth-order valence-corrected chi connectivity index (χ4v) is 2.19. The van der Waals surface area contributed by atoms with Crippen LogP contribution in [-0.2, 0) is 6.61 Å². The Kier molecular flexibility index (Phi) is 7.22.